The Morgan fingerprint density at radius 1 is 0.955 bits per heavy atom. The topological polar surface area (TPSA) is 23.6 Å². The molecule has 3 heteroatoms. The highest BCUT2D eigenvalue weighted by Gasteiger charge is 2.14. The van der Waals surface area contributed by atoms with Gasteiger partial charge < -0.3 is 9.80 Å². The van der Waals surface area contributed by atoms with Crippen LogP contribution in [0.4, 0.5) is 5.69 Å². The van der Waals surface area contributed by atoms with Crippen molar-refractivity contribution < 1.29 is 4.79 Å². The van der Waals surface area contributed by atoms with Crippen molar-refractivity contribution in [3.05, 3.63) is 65.7 Å². The van der Waals surface area contributed by atoms with Crippen molar-refractivity contribution in [2.45, 2.75) is 13.3 Å². The van der Waals surface area contributed by atoms with E-state index in [1.807, 2.05) is 73.3 Å². The van der Waals surface area contributed by atoms with Gasteiger partial charge >= 0.3 is 0 Å². The van der Waals surface area contributed by atoms with Crippen LogP contribution in [0.15, 0.2) is 54.6 Å². The minimum absolute atomic E-state index is 0.101. The second-order valence-corrected chi connectivity index (χ2v) is 5.56. The van der Waals surface area contributed by atoms with Crippen molar-refractivity contribution in [3.63, 3.8) is 0 Å². The molecule has 22 heavy (non-hydrogen) atoms. The van der Waals surface area contributed by atoms with E-state index in [9.17, 15) is 4.79 Å². The Kier molecular flexibility index (Phi) is 5.59. The molecule has 0 spiro atoms. The number of amides is 1. The fourth-order valence-electron chi connectivity index (χ4n) is 2.40. The second kappa shape index (κ2) is 7.64. The standard InChI is InChI=1S/C19H24N2O/c1-4-21(15-14-16-8-6-5-7-9-16)19(22)17-10-12-18(13-11-17)20(2)3/h5-13H,4,14-15H2,1-3H3. The lowest BCUT2D eigenvalue weighted by Crippen LogP contribution is -2.32. The molecule has 0 aliphatic carbocycles. The smallest absolute Gasteiger partial charge is 0.253 e. The summed E-state index contributed by atoms with van der Waals surface area (Å²) in [5.41, 5.74) is 3.11. The Morgan fingerprint density at radius 3 is 2.14 bits per heavy atom. The SMILES string of the molecule is CCN(CCc1ccccc1)C(=O)c1ccc(N(C)C)cc1. The van der Waals surface area contributed by atoms with Gasteiger partial charge in [0.05, 0.1) is 0 Å². The number of benzene rings is 2. The summed E-state index contributed by atoms with van der Waals surface area (Å²) in [6.07, 6.45) is 0.885. The zero-order chi connectivity index (χ0) is 15.9. The van der Waals surface area contributed by atoms with Crippen LogP contribution in [0, 0.1) is 0 Å². The highest BCUT2D eigenvalue weighted by Crippen LogP contribution is 2.14. The molecule has 0 aliphatic rings. The quantitative estimate of drug-likeness (QED) is 0.815. The lowest BCUT2D eigenvalue weighted by Gasteiger charge is -2.21. The van der Waals surface area contributed by atoms with Crippen LogP contribution >= 0.6 is 0 Å². The van der Waals surface area contributed by atoms with Crippen LogP contribution in [-0.4, -0.2) is 38.0 Å². The number of carbonyl (C=O) groups is 1. The average Bonchev–Trinajstić information content (AvgIpc) is 2.56. The zero-order valence-corrected chi connectivity index (χ0v) is 13.6. The Morgan fingerprint density at radius 2 is 1.59 bits per heavy atom. The summed E-state index contributed by atoms with van der Waals surface area (Å²) in [6, 6.07) is 18.1. The molecule has 0 atom stereocenters. The number of likely N-dealkylation sites (N-methyl/N-ethyl adjacent to an activating group) is 1. The van der Waals surface area contributed by atoms with E-state index in [-0.39, 0.29) is 5.91 Å². The van der Waals surface area contributed by atoms with Crippen molar-refractivity contribution in [3.8, 4) is 0 Å². The molecule has 3 nitrogen and oxygen atoms in total. The van der Waals surface area contributed by atoms with Gasteiger partial charge in [-0.25, -0.2) is 0 Å². The number of carbonyl (C=O) groups excluding carboxylic acids is 1. The van der Waals surface area contributed by atoms with Crippen molar-refractivity contribution in [2.24, 2.45) is 0 Å². The fraction of sp³-hybridized carbons (Fsp3) is 0.316. The molecule has 2 rings (SSSR count). The molecule has 2 aromatic rings. The molecular formula is C19H24N2O. The third-order valence-electron chi connectivity index (χ3n) is 3.81. The van der Waals surface area contributed by atoms with E-state index in [1.165, 1.54) is 5.56 Å². The maximum Gasteiger partial charge on any atom is 0.253 e. The van der Waals surface area contributed by atoms with Crippen molar-refractivity contribution >= 4 is 11.6 Å². The van der Waals surface area contributed by atoms with Gasteiger partial charge in [0, 0.05) is 38.4 Å². The summed E-state index contributed by atoms with van der Waals surface area (Å²) in [7, 11) is 3.99. The van der Waals surface area contributed by atoms with E-state index in [4.69, 9.17) is 0 Å². The van der Waals surface area contributed by atoms with Gasteiger partial charge in [-0.3, -0.25) is 4.79 Å². The largest absolute Gasteiger partial charge is 0.378 e. The number of anilines is 1. The molecule has 0 radical (unpaired) electrons. The predicted octanol–water partition coefficient (Wildman–Crippen LogP) is 3.46. The molecule has 0 unspecified atom stereocenters. The van der Waals surface area contributed by atoms with Crippen LogP contribution in [0.1, 0.15) is 22.8 Å². The van der Waals surface area contributed by atoms with Gasteiger partial charge in [0.25, 0.3) is 5.91 Å². The summed E-state index contributed by atoms with van der Waals surface area (Å²) in [5.74, 6) is 0.101. The van der Waals surface area contributed by atoms with Crippen LogP contribution in [0.2, 0.25) is 0 Å². The Hall–Kier alpha value is -2.29. The first-order valence-corrected chi connectivity index (χ1v) is 7.72. The van der Waals surface area contributed by atoms with Crippen molar-refractivity contribution in [1.29, 1.82) is 0 Å². The van der Waals surface area contributed by atoms with Crippen LogP contribution in [0.3, 0.4) is 0 Å². The number of hydrogen-bond acceptors (Lipinski definition) is 2. The van der Waals surface area contributed by atoms with E-state index >= 15 is 0 Å². The highest BCUT2D eigenvalue weighted by atomic mass is 16.2. The minimum atomic E-state index is 0.101. The third kappa shape index (κ3) is 4.10. The molecule has 0 aliphatic heterocycles. The molecule has 0 saturated carbocycles. The van der Waals surface area contributed by atoms with E-state index in [0.717, 1.165) is 30.8 Å². The fourth-order valence-corrected chi connectivity index (χ4v) is 2.40. The minimum Gasteiger partial charge on any atom is -0.378 e. The average molecular weight is 296 g/mol. The van der Waals surface area contributed by atoms with Crippen LogP contribution in [0.5, 0.6) is 0 Å². The van der Waals surface area contributed by atoms with E-state index in [0.29, 0.717) is 0 Å². The molecule has 1 amide bonds. The monoisotopic (exact) mass is 296 g/mol. The Balaban J connectivity index is 2.02. The predicted molar refractivity (Wildman–Crippen MR) is 92.5 cm³/mol. The van der Waals surface area contributed by atoms with Crippen LogP contribution < -0.4 is 4.90 Å². The molecule has 0 N–H and O–H groups in total. The Labute approximate surface area is 133 Å². The molecule has 0 bridgehead atoms. The maximum atomic E-state index is 12.6. The molecule has 0 aromatic heterocycles. The first-order chi connectivity index (χ1) is 10.6. The lowest BCUT2D eigenvalue weighted by atomic mass is 10.1. The number of hydrogen-bond donors (Lipinski definition) is 0. The first kappa shape index (κ1) is 16.1. The summed E-state index contributed by atoms with van der Waals surface area (Å²) in [5, 5.41) is 0. The van der Waals surface area contributed by atoms with Gasteiger partial charge in [-0.2, -0.15) is 0 Å². The van der Waals surface area contributed by atoms with E-state index < -0.39 is 0 Å². The molecule has 0 saturated heterocycles. The highest BCUT2D eigenvalue weighted by molar-refractivity contribution is 5.94. The first-order valence-electron chi connectivity index (χ1n) is 7.72. The van der Waals surface area contributed by atoms with Crippen molar-refractivity contribution in [2.75, 3.05) is 32.1 Å². The van der Waals surface area contributed by atoms with Gasteiger partial charge in [0.2, 0.25) is 0 Å². The van der Waals surface area contributed by atoms with Crippen LogP contribution in [-0.2, 0) is 6.42 Å². The zero-order valence-electron chi connectivity index (χ0n) is 13.6. The molecule has 2 aromatic carbocycles. The van der Waals surface area contributed by atoms with Gasteiger partial charge in [0.1, 0.15) is 0 Å². The number of rotatable bonds is 6. The summed E-state index contributed by atoms with van der Waals surface area (Å²) in [4.78, 5) is 16.5. The second-order valence-electron chi connectivity index (χ2n) is 5.56. The van der Waals surface area contributed by atoms with Gasteiger partial charge in [0.15, 0.2) is 0 Å². The van der Waals surface area contributed by atoms with Gasteiger partial charge in [-0.1, -0.05) is 30.3 Å². The Bertz CT molecular complexity index is 591. The number of nitrogens with zero attached hydrogens (tertiary/aromatic N) is 2. The summed E-state index contributed by atoms with van der Waals surface area (Å²) < 4.78 is 0. The lowest BCUT2D eigenvalue weighted by molar-refractivity contribution is 0.0766. The summed E-state index contributed by atoms with van der Waals surface area (Å²) >= 11 is 0. The van der Waals surface area contributed by atoms with E-state index in [2.05, 4.69) is 12.1 Å². The van der Waals surface area contributed by atoms with Gasteiger partial charge in [-0.05, 0) is 43.2 Å². The van der Waals surface area contributed by atoms with E-state index in [1.54, 1.807) is 0 Å². The van der Waals surface area contributed by atoms with Gasteiger partial charge in [-0.15, -0.1) is 0 Å². The molecule has 116 valence electrons. The maximum absolute atomic E-state index is 12.6. The normalized spacial score (nSPS) is 10.3. The third-order valence-corrected chi connectivity index (χ3v) is 3.81. The van der Waals surface area contributed by atoms with Crippen LogP contribution in [0.25, 0.3) is 0 Å². The van der Waals surface area contributed by atoms with Crippen molar-refractivity contribution in [1.82, 2.24) is 4.90 Å². The molecule has 0 fully saturated rings. The summed E-state index contributed by atoms with van der Waals surface area (Å²) in [6.45, 7) is 3.49. The molecule has 0 heterocycles. The molecular weight excluding hydrogens is 272 g/mol.